The lowest BCUT2D eigenvalue weighted by atomic mass is 9.92. The molecule has 1 heterocycles. The van der Waals surface area contributed by atoms with Crippen molar-refractivity contribution in [2.24, 2.45) is 11.3 Å². The van der Waals surface area contributed by atoms with Gasteiger partial charge in [-0.15, -0.1) is 0 Å². The first kappa shape index (κ1) is 22.5. The quantitative estimate of drug-likeness (QED) is 0.531. The van der Waals surface area contributed by atoms with E-state index in [1.807, 2.05) is 27.7 Å². The highest BCUT2D eigenvalue weighted by atomic mass is 32.2. The second-order valence-corrected chi connectivity index (χ2v) is 10.2. The lowest BCUT2D eigenvalue weighted by molar-refractivity contribution is -0.384. The van der Waals surface area contributed by atoms with Crippen molar-refractivity contribution >= 4 is 33.0 Å². The molecular weight excluding hydrogens is 422 g/mol. The van der Waals surface area contributed by atoms with Crippen molar-refractivity contribution < 1.29 is 22.9 Å². The van der Waals surface area contributed by atoms with Crippen LogP contribution in [0.2, 0.25) is 0 Å². The highest BCUT2D eigenvalue weighted by Crippen LogP contribution is 2.39. The van der Waals surface area contributed by atoms with Gasteiger partial charge in [-0.05, 0) is 44.0 Å². The smallest absolute Gasteiger partial charge is 0.269 e. The molecule has 0 unspecified atom stereocenters. The lowest BCUT2D eigenvalue weighted by Gasteiger charge is -2.29. The Balaban J connectivity index is 1.92. The number of nitrogens with one attached hydrogen (secondary N) is 1. The van der Waals surface area contributed by atoms with Gasteiger partial charge in [-0.3, -0.25) is 19.6 Å². The van der Waals surface area contributed by atoms with Crippen LogP contribution in [0, 0.1) is 21.4 Å². The fraction of sp³-hybridized carbons (Fsp3) is 0.381. The third-order valence-electron chi connectivity index (χ3n) is 4.82. The Morgan fingerprint density at radius 2 is 1.84 bits per heavy atom. The zero-order valence-electron chi connectivity index (χ0n) is 17.8. The summed E-state index contributed by atoms with van der Waals surface area (Å²) in [7, 11) is -3.97. The Kier molecular flexibility index (Phi) is 5.95. The summed E-state index contributed by atoms with van der Waals surface area (Å²) >= 11 is 0. The number of carbonyl (C=O) groups is 1. The van der Waals surface area contributed by atoms with Crippen LogP contribution in [0.15, 0.2) is 47.4 Å². The molecule has 1 amide bonds. The van der Waals surface area contributed by atoms with E-state index >= 15 is 0 Å². The largest absolute Gasteiger partial charge is 0.490 e. The number of sulfonamides is 1. The van der Waals surface area contributed by atoms with Crippen LogP contribution in [0.25, 0.3) is 0 Å². The SMILES string of the molecule is CC(C)CN1C(=O)C(C)(C)COc2cc(NS(=O)(=O)c3ccc([N+](=O)[O-])cc3)ccc21. The predicted molar refractivity (Wildman–Crippen MR) is 117 cm³/mol. The number of benzene rings is 2. The summed E-state index contributed by atoms with van der Waals surface area (Å²) in [4.78, 5) is 24.8. The van der Waals surface area contributed by atoms with E-state index in [2.05, 4.69) is 4.72 Å². The number of nitro groups is 1. The zero-order chi connectivity index (χ0) is 23.0. The number of nitro benzene ring substituents is 1. The van der Waals surface area contributed by atoms with Crippen molar-refractivity contribution in [2.45, 2.75) is 32.6 Å². The van der Waals surface area contributed by atoms with Crippen LogP contribution in [-0.2, 0) is 14.8 Å². The van der Waals surface area contributed by atoms with E-state index < -0.39 is 20.4 Å². The molecule has 0 radical (unpaired) electrons. The van der Waals surface area contributed by atoms with E-state index in [-0.39, 0.29) is 34.7 Å². The van der Waals surface area contributed by atoms with Gasteiger partial charge in [-0.2, -0.15) is 0 Å². The van der Waals surface area contributed by atoms with Crippen molar-refractivity contribution in [3.05, 3.63) is 52.6 Å². The molecule has 0 aliphatic carbocycles. The maximum Gasteiger partial charge on any atom is 0.269 e. The van der Waals surface area contributed by atoms with E-state index in [4.69, 9.17) is 4.74 Å². The molecule has 31 heavy (non-hydrogen) atoms. The highest BCUT2D eigenvalue weighted by Gasteiger charge is 2.38. The van der Waals surface area contributed by atoms with Gasteiger partial charge in [-0.25, -0.2) is 8.42 Å². The molecule has 0 spiro atoms. The van der Waals surface area contributed by atoms with Crippen molar-refractivity contribution in [3.8, 4) is 5.75 Å². The number of non-ortho nitro benzene ring substituents is 1. The number of anilines is 2. The van der Waals surface area contributed by atoms with Crippen LogP contribution in [0.1, 0.15) is 27.7 Å². The first-order chi connectivity index (χ1) is 14.4. The molecule has 0 fully saturated rings. The standard InChI is InChI=1S/C21H25N3O6S/c1-14(2)12-23-18-10-5-15(11-19(18)30-13-21(3,4)20(23)25)22-31(28,29)17-8-6-16(7-9-17)24(26)27/h5-11,14,22H,12-13H2,1-4H3. The second kappa shape index (κ2) is 8.18. The Labute approximate surface area is 181 Å². The minimum Gasteiger partial charge on any atom is -0.490 e. The first-order valence-electron chi connectivity index (χ1n) is 9.77. The summed E-state index contributed by atoms with van der Waals surface area (Å²) in [6.07, 6.45) is 0. The van der Waals surface area contributed by atoms with Crippen molar-refractivity contribution in [1.82, 2.24) is 0 Å². The number of nitrogens with zero attached hydrogens (tertiary/aromatic N) is 2. The molecule has 166 valence electrons. The molecular formula is C21H25N3O6S. The van der Waals surface area contributed by atoms with Gasteiger partial charge in [-0.1, -0.05) is 13.8 Å². The van der Waals surface area contributed by atoms with Gasteiger partial charge in [0.2, 0.25) is 5.91 Å². The second-order valence-electron chi connectivity index (χ2n) is 8.52. The Hall–Kier alpha value is -3.14. The summed E-state index contributed by atoms with van der Waals surface area (Å²) in [6.45, 7) is 8.31. The third kappa shape index (κ3) is 4.79. The van der Waals surface area contributed by atoms with Gasteiger partial charge in [0.1, 0.15) is 12.4 Å². The summed E-state index contributed by atoms with van der Waals surface area (Å²) in [5.41, 5.74) is -0.0852. The van der Waals surface area contributed by atoms with Crippen LogP contribution in [0.3, 0.4) is 0 Å². The average molecular weight is 448 g/mol. The first-order valence-corrected chi connectivity index (χ1v) is 11.2. The van der Waals surface area contributed by atoms with Gasteiger partial charge in [0.25, 0.3) is 15.7 Å². The van der Waals surface area contributed by atoms with E-state index in [1.165, 1.54) is 12.1 Å². The van der Waals surface area contributed by atoms with Gasteiger partial charge < -0.3 is 9.64 Å². The van der Waals surface area contributed by atoms with Crippen molar-refractivity contribution in [3.63, 3.8) is 0 Å². The Morgan fingerprint density at radius 3 is 2.42 bits per heavy atom. The summed E-state index contributed by atoms with van der Waals surface area (Å²) in [5, 5.41) is 10.8. The minimum absolute atomic E-state index is 0.0563. The molecule has 2 aromatic rings. The van der Waals surface area contributed by atoms with Crippen LogP contribution in [0.4, 0.5) is 17.1 Å². The molecule has 9 nitrogen and oxygen atoms in total. The maximum absolute atomic E-state index is 13.0. The zero-order valence-corrected chi connectivity index (χ0v) is 18.6. The maximum atomic E-state index is 13.0. The van der Waals surface area contributed by atoms with E-state index in [1.54, 1.807) is 23.1 Å². The van der Waals surface area contributed by atoms with E-state index in [0.717, 1.165) is 12.1 Å². The molecule has 1 N–H and O–H groups in total. The van der Waals surface area contributed by atoms with E-state index in [0.29, 0.717) is 18.0 Å². The molecule has 0 saturated carbocycles. The number of amides is 1. The lowest BCUT2D eigenvalue weighted by Crippen LogP contribution is -2.43. The number of fused-ring (bicyclic) bond motifs is 1. The number of ether oxygens (including phenoxy) is 1. The predicted octanol–water partition coefficient (Wildman–Crippen LogP) is 3.80. The summed E-state index contributed by atoms with van der Waals surface area (Å²) in [5.74, 6) is 0.577. The normalized spacial score (nSPS) is 15.8. The van der Waals surface area contributed by atoms with Crippen LogP contribution < -0.4 is 14.4 Å². The van der Waals surface area contributed by atoms with Gasteiger partial charge >= 0.3 is 0 Å². The topological polar surface area (TPSA) is 119 Å². The number of rotatable bonds is 6. The minimum atomic E-state index is -3.97. The molecule has 0 saturated heterocycles. The monoisotopic (exact) mass is 447 g/mol. The van der Waals surface area contributed by atoms with Crippen molar-refractivity contribution in [2.75, 3.05) is 22.8 Å². The molecule has 0 aromatic heterocycles. The molecule has 1 aliphatic heterocycles. The van der Waals surface area contributed by atoms with Crippen molar-refractivity contribution in [1.29, 1.82) is 0 Å². The molecule has 2 aromatic carbocycles. The van der Waals surface area contributed by atoms with Crippen LogP contribution in [0.5, 0.6) is 5.75 Å². The highest BCUT2D eigenvalue weighted by molar-refractivity contribution is 7.92. The van der Waals surface area contributed by atoms with Crippen LogP contribution in [-0.4, -0.2) is 32.4 Å². The fourth-order valence-electron chi connectivity index (χ4n) is 3.22. The van der Waals surface area contributed by atoms with Gasteiger partial charge in [0.05, 0.1) is 26.6 Å². The fourth-order valence-corrected chi connectivity index (χ4v) is 4.27. The number of hydrogen-bond donors (Lipinski definition) is 1. The molecule has 3 rings (SSSR count). The summed E-state index contributed by atoms with van der Waals surface area (Å²) < 4.78 is 33.7. The van der Waals surface area contributed by atoms with Gasteiger partial charge in [0.15, 0.2) is 0 Å². The van der Waals surface area contributed by atoms with E-state index in [9.17, 15) is 23.3 Å². The summed E-state index contributed by atoms with van der Waals surface area (Å²) in [6, 6.07) is 9.37. The molecule has 1 aliphatic rings. The van der Waals surface area contributed by atoms with Crippen LogP contribution >= 0.6 is 0 Å². The Morgan fingerprint density at radius 1 is 1.19 bits per heavy atom. The molecule has 10 heteroatoms. The average Bonchev–Trinajstić information content (AvgIpc) is 2.78. The van der Waals surface area contributed by atoms with Gasteiger partial charge in [0, 0.05) is 24.7 Å². The molecule has 0 bridgehead atoms. The Bertz CT molecular complexity index is 1110. The molecule has 0 atom stereocenters. The number of carbonyl (C=O) groups excluding carboxylic acids is 1. The third-order valence-corrected chi connectivity index (χ3v) is 6.22. The number of hydrogen-bond acceptors (Lipinski definition) is 6.